The van der Waals surface area contributed by atoms with Crippen molar-refractivity contribution in [3.8, 4) is 11.5 Å². The summed E-state index contributed by atoms with van der Waals surface area (Å²) in [6.45, 7) is 0.516. The topological polar surface area (TPSA) is 84.1 Å². The van der Waals surface area contributed by atoms with Gasteiger partial charge in [-0.3, -0.25) is 0 Å². The Hall–Kier alpha value is -1.21. The van der Waals surface area contributed by atoms with Gasteiger partial charge in [-0.2, -0.15) is 4.98 Å². The van der Waals surface area contributed by atoms with E-state index >= 15 is 0 Å². The summed E-state index contributed by atoms with van der Waals surface area (Å²) in [5, 5.41) is 17.2. The molecule has 0 unspecified atom stereocenters. The Kier molecular flexibility index (Phi) is 3.40. The van der Waals surface area contributed by atoms with E-state index < -0.39 is 6.10 Å². The Bertz CT molecular complexity index is 604. The number of hydrogen-bond acceptors (Lipinski definition) is 6. The first-order valence-corrected chi connectivity index (χ1v) is 6.45. The molecule has 0 radical (unpaired) electrons. The van der Waals surface area contributed by atoms with Crippen molar-refractivity contribution in [2.24, 2.45) is 0 Å². The lowest BCUT2D eigenvalue weighted by Gasteiger charge is -2.01. The normalized spacial score (nSPS) is 22.9. The lowest BCUT2D eigenvalue weighted by molar-refractivity contribution is 0.191. The molecule has 19 heavy (non-hydrogen) atoms. The zero-order valence-electron chi connectivity index (χ0n) is 9.68. The van der Waals surface area contributed by atoms with Crippen LogP contribution in [0.4, 0.5) is 0 Å². The fourth-order valence-corrected chi connectivity index (χ4v) is 2.42. The van der Waals surface area contributed by atoms with Crippen LogP contribution in [0.2, 0.25) is 10.0 Å². The molecule has 0 amide bonds. The fourth-order valence-electron chi connectivity index (χ4n) is 1.96. The minimum Gasteiger partial charge on any atom is -0.392 e. The molecular weight excluding hydrogens is 291 g/mol. The average molecular weight is 301 g/mol. The molecule has 1 aliphatic heterocycles. The van der Waals surface area contributed by atoms with Crippen LogP contribution in [-0.2, 0) is 0 Å². The van der Waals surface area contributed by atoms with Gasteiger partial charge in [-0.15, -0.1) is 0 Å². The summed E-state index contributed by atoms with van der Waals surface area (Å²) in [5.41, 5.74) is 0.416. The smallest absolute Gasteiger partial charge is 0.244 e. The predicted octanol–water partition coefficient (Wildman–Crippen LogP) is 1.83. The number of nitrogens with one attached hydrogen (secondary N) is 1. The highest BCUT2D eigenvalue weighted by Gasteiger charge is 2.28. The van der Waals surface area contributed by atoms with Crippen molar-refractivity contribution in [2.45, 2.75) is 18.6 Å². The third-order valence-corrected chi connectivity index (χ3v) is 3.36. The van der Waals surface area contributed by atoms with Crippen LogP contribution < -0.4 is 5.32 Å². The van der Waals surface area contributed by atoms with Gasteiger partial charge in [-0.25, -0.2) is 4.98 Å². The van der Waals surface area contributed by atoms with Crippen molar-refractivity contribution in [1.29, 1.82) is 0 Å². The molecule has 1 fully saturated rings. The molecule has 8 heteroatoms. The molecule has 1 saturated heterocycles. The highest BCUT2D eigenvalue weighted by molar-refractivity contribution is 6.35. The van der Waals surface area contributed by atoms with Crippen molar-refractivity contribution in [2.75, 3.05) is 6.54 Å². The Morgan fingerprint density at radius 3 is 2.95 bits per heavy atom. The number of halogens is 2. The molecule has 3 rings (SSSR count). The minimum absolute atomic E-state index is 0.137. The van der Waals surface area contributed by atoms with E-state index in [1.807, 2.05) is 0 Å². The molecule has 100 valence electrons. The van der Waals surface area contributed by atoms with Gasteiger partial charge < -0.3 is 14.9 Å². The molecule has 0 bridgehead atoms. The number of rotatable bonds is 2. The summed E-state index contributed by atoms with van der Waals surface area (Å²) in [4.78, 5) is 8.33. The van der Waals surface area contributed by atoms with Gasteiger partial charge in [0.05, 0.1) is 22.2 Å². The number of aliphatic hydroxyl groups excluding tert-OH is 1. The van der Waals surface area contributed by atoms with E-state index in [0.717, 1.165) is 0 Å². The van der Waals surface area contributed by atoms with Gasteiger partial charge >= 0.3 is 0 Å². The van der Waals surface area contributed by atoms with Crippen molar-refractivity contribution >= 4 is 23.2 Å². The summed E-state index contributed by atoms with van der Waals surface area (Å²) < 4.78 is 5.17. The molecule has 0 saturated carbocycles. The van der Waals surface area contributed by atoms with E-state index in [-0.39, 0.29) is 6.04 Å². The van der Waals surface area contributed by atoms with Gasteiger partial charge in [0.1, 0.15) is 5.69 Å². The SMILES string of the molecule is O[C@@H]1CN[C@H](c2nc(-c3ncc(Cl)cc3Cl)no2)C1. The molecule has 6 nitrogen and oxygen atoms in total. The van der Waals surface area contributed by atoms with Crippen LogP contribution in [-0.4, -0.2) is 32.9 Å². The second kappa shape index (κ2) is 5.05. The molecule has 2 aromatic rings. The second-order valence-corrected chi connectivity index (χ2v) is 5.13. The van der Waals surface area contributed by atoms with E-state index in [0.29, 0.717) is 40.4 Å². The number of pyridine rings is 1. The zero-order chi connectivity index (χ0) is 13.4. The van der Waals surface area contributed by atoms with Crippen LogP contribution in [0.25, 0.3) is 11.5 Å². The first-order chi connectivity index (χ1) is 9.13. The molecule has 0 aromatic carbocycles. The van der Waals surface area contributed by atoms with Gasteiger partial charge in [0, 0.05) is 12.7 Å². The van der Waals surface area contributed by atoms with E-state index in [1.54, 1.807) is 6.07 Å². The van der Waals surface area contributed by atoms with E-state index in [1.165, 1.54) is 6.20 Å². The van der Waals surface area contributed by atoms with Gasteiger partial charge in [0.15, 0.2) is 0 Å². The van der Waals surface area contributed by atoms with Gasteiger partial charge in [-0.1, -0.05) is 28.4 Å². The summed E-state index contributed by atoms with van der Waals surface area (Å²) in [7, 11) is 0. The zero-order valence-corrected chi connectivity index (χ0v) is 11.2. The summed E-state index contributed by atoms with van der Waals surface area (Å²) in [6, 6.07) is 1.43. The highest BCUT2D eigenvalue weighted by Crippen LogP contribution is 2.28. The van der Waals surface area contributed by atoms with E-state index in [2.05, 4.69) is 20.4 Å². The first kappa shape index (κ1) is 12.8. The summed E-state index contributed by atoms with van der Waals surface area (Å²) >= 11 is 11.8. The molecule has 3 heterocycles. The number of hydrogen-bond donors (Lipinski definition) is 2. The van der Waals surface area contributed by atoms with E-state index in [4.69, 9.17) is 27.7 Å². The summed E-state index contributed by atoms with van der Waals surface area (Å²) in [5.74, 6) is 0.722. The molecule has 0 spiro atoms. The average Bonchev–Trinajstić information content (AvgIpc) is 2.97. The van der Waals surface area contributed by atoms with Crippen molar-refractivity contribution in [3.63, 3.8) is 0 Å². The molecule has 2 aromatic heterocycles. The Labute approximate surface area is 118 Å². The third kappa shape index (κ3) is 2.57. The summed E-state index contributed by atoms with van der Waals surface area (Å²) in [6.07, 6.45) is 1.62. The number of aromatic nitrogens is 3. The van der Waals surface area contributed by atoms with Crippen LogP contribution in [0.5, 0.6) is 0 Å². The lowest BCUT2D eigenvalue weighted by Crippen LogP contribution is -2.15. The molecule has 2 N–H and O–H groups in total. The van der Waals surface area contributed by atoms with Crippen molar-refractivity contribution < 1.29 is 9.63 Å². The first-order valence-electron chi connectivity index (χ1n) is 5.70. The maximum atomic E-state index is 9.46. The monoisotopic (exact) mass is 300 g/mol. The Morgan fingerprint density at radius 2 is 2.26 bits per heavy atom. The van der Waals surface area contributed by atoms with Gasteiger partial charge in [0.25, 0.3) is 0 Å². The highest BCUT2D eigenvalue weighted by atomic mass is 35.5. The molecule has 1 aliphatic rings. The Morgan fingerprint density at radius 1 is 1.42 bits per heavy atom. The third-order valence-electron chi connectivity index (χ3n) is 2.87. The fraction of sp³-hybridized carbons (Fsp3) is 0.364. The quantitative estimate of drug-likeness (QED) is 0.880. The van der Waals surface area contributed by atoms with E-state index in [9.17, 15) is 5.11 Å². The van der Waals surface area contributed by atoms with Crippen LogP contribution in [0.1, 0.15) is 18.4 Å². The van der Waals surface area contributed by atoms with Gasteiger partial charge in [0.2, 0.25) is 11.7 Å². The van der Waals surface area contributed by atoms with Crippen LogP contribution in [0, 0.1) is 0 Å². The molecule has 0 aliphatic carbocycles. The number of aliphatic hydroxyl groups is 1. The number of nitrogens with zero attached hydrogens (tertiary/aromatic N) is 3. The molecule has 2 atom stereocenters. The predicted molar refractivity (Wildman–Crippen MR) is 68.9 cm³/mol. The maximum Gasteiger partial charge on any atom is 0.244 e. The maximum absolute atomic E-state index is 9.46. The van der Waals surface area contributed by atoms with Crippen LogP contribution in [0.3, 0.4) is 0 Å². The van der Waals surface area contributed by atoms with Crippen molar-refractivity contribution in [1.82, 2.24) is 20.4 Å². The standard InChI is InChI=1S/C11H10Cl2N4O2/c12-5-1-7(13)9(15-3-5)10-16-11(19-17-10)8-2-6(18)4-14-8/h1,3,6,8,14,18H,2,4H2/t6-,8-/m0/s1. The van der Waals surface area contributed by atoms with Crippen molar-refractivity contribution in [3.05, 3.63) is 28.2 Å². The van der Waals surface area contributed by atoms with Gasteiger partial charge in [-0.05, 0) is 12.5 Å². The van der Waals surface area contributed by atoms with Crippen LogP contribution in [0.15, 0.2) is 16.8 Å². The molecular formula is C11H10Cl2N4O2. The largest absolute Gasteiger partial charge is 0.392 e. The lowest BCUT2D eigenvalue weighted by atomic mass is 10.2. The van der Waals surface area contributed by atoms with Crippen LogP contribution >= 0.6 is 23.2 Å². The minimum atomic E-state index is -0.391. The second-order valence-electron chi connectivity index (χ2n) is 4.29. The number of β-amino-alcohol motifs (C(OH)–C–C–N with tert-alkyl or cyclic N) is 1. The Balaban J connectivity index is 1.88.